The van der Waals surface area contributed by atoms with Crippen LogP contribution in [0.3, 0.4) is 0 Å². The highest BCUT2D eigenvalue weighted by molar-refractivity contribution is 9.10. The van der Waals surface area contributed by atoms with Gasteiger partial charge in [0.05, 0.1) is 9.70 Å². The molecule has 96 valence electrons. The first-order chi connectivity index (χ1) is 8.25. The maximum absolute atomic E-state index is 11.9. The van der Waals surface area contributed by atoms with Crippen LogP contribution in [-0.2, 0) is 0 Å². The number of carbonyl (C=O) groups excluding carboxylic acids is 1. The van der Waals surface area contributed by atoms with Crippen molar-refractivity contribution in [3.8, 4) is 0 Å². The molecule has 17 heavy (non-hydrogen) atoms. The van der Waals surface area contributed by atoms with Crippen molar-refractivity contribution in [1.82, 2.24) is 0 Å². The lowest BCUT2D eigenvalue weighted by atomic mass is 10.1. The molecule has 0 radical (unpaired) electrons. The Hall–Kier alpha value is 0.330. The molecule has 0 aliphatic rings. The maximum atomic E-state index is 11.9. The topological polar surface area (TPSA) is 17.1 Å². The number of hydrogen-bond acceptors (Lipinski definition) is 2. The Morgan fingerprint density at radius 2 is 1.94 bits per heavy atom. The largest absolute Gasteiger partial charge is 0.292 e. The Morgan fingerprint density at radius 3 is 2.59 bits per heavy atom. The fraction of sp³-hybridized carbons (Fsp3) is 0.615. The SMILES string of the molecule is O=C(c1cccs1)C(Br)CCCCCCCBr. The standard InChI is InChI=1S/C13H18Br2OS/c14-9-5-3-1-2-4-7-11(15)13(16)12-8-6-10-17-12/h6,8,10-11H,1-5,7,9H2. The number of thiophene rings is 1. The van der Waals surface area contributed by atoms with Crippen molar-refractivity contribution >= 4 is 49.0 Å². The Balaban J connectivity index is 2.13. The van der Waals surface area contributed by atoms with Gasteiger partial charge in [0, 0.05) is 5.33 Å². The van der Waals surface area contributed by atoms with Gasteiger partial charge >= 0.3 is 0 Å². The normalized spacial score (nSPS) is 12.6. The quantitative estimate of drug-likeness (QED) is 0.316. The highest BCUT2D eigenvalue weighted by atomic mass is 79.9. The van der Waals surface area contributed by atoms with Crippen molar-refractivity contribution < 1.29 is 4.79 Å². The minimum atomic E-state index is -0.00248. The second-order valence-electron chi connectivity index (χ2n) is 4.05. The van der Waals surface area contributed by atoms with E-state index < -0.39 is 0 Å². The Kier molecular flexibility index (Phi) is 8.40. The summed E-state index contributed by atoms with van der Waals surface area (Å²) >= 11 is 8.45. The molecule has 1 nitrogen and oxygen atoms in total. The van der Waals surface area contributed by atoms with Crippen molar-refractivity contribution in [3.05, 3.63) is 22.4 Å². The second kappa shape index (κ2) is 9.29. The van der Waals surface area contributed by atoms with Gasteiger partial charge < -0.3 is 0 Å². The third kappa shape index (κ3) is 6.16. The van der Waals surface area contributed by atoms with Crippen LogP contribution in [0.25, 0.3) is 0 Å². The highest BCUT2D eigenvalue weighted by Crippen LogP contribution is 2.20. The summed E-state index contributed by atoms with van der Waals surface area (Å²) in [5.74, 6) is 0.237. The summed E-state index contributed by atoms with van der Waals surface area (Å²) in [6.07, 6.45) is 7.13. The van der Waals surface area contributed by atoms with Gasteiger partial charge in [0.2, 0.25) is 0 Å². The highest BCUT2D eigenvalue weighted by Gasteiger charge is 2.16. The lowest BCUT2D eigenvalue weighted by Gasteiger charge is -2.07. The summed E-state index contributed by atoms with van der Waals surface area (Å²) < 4.78 is 0. The molecule has 0 saturated heterocycles. The van der Waals surface area contributed by atoms with Gasteiger partial charge in [-0.25, -0.2) is 0 Å². The molecule has 1 heterocycles. The van der Waals surface area contributed by atoms with Crippen molar-refractivity contribution in [2.45, 2.75) is 43.4 Å². The number of ketones is 1. The molecule has 0 fully saturated rings. The van der Waals surface area contributed by atoms with E-state index >= 15 is 0 Å². The van der Waals surface area contributed by atoms with E-state index in [1.54, 1.807) is 0 Å². The fourth-order valence-corrected chi connectivity index (χ4v) is 3.49. The minimum absolute atomic E-state index is 0.00248. The number of unbranched alkanes of at least 4 members (excludes halogenated alkanes) is 4. The van der Waals surface area contributed by atoms with E-state index in [-0.39, 0.29) is 10.6 Å². The van der Waals surface area contributed by atoms with E-state index in [9.17, 15) is 4.79 Å². The molecular weight excluding hydrogens is 364 g/mol. The summed E-state index contributed by atoms with van der Waals surface area (Å²) in [5.41, 5.74) is 0. The second-order valence-corrected chi connectivity index (χ2v) is 6.90. The summed E-state index contributed by atoms with van der Waals surface area (Å²) in [6, 6.07) is 3.83. The van der Waals surface area contributed by atoms with Crippen LogP contribution in [-0.4, -0.2) is 15.9 Å². The molecule has 1 rings (SSSR count). The molecule has 0 spiro atoms. The first-order valence-corrected chi connectivity index (χ1v) is 8.95. The lowest BCUT2D eigenvalue weighted by Crippen LogP contribution is -2.12. The molecule has 1 atom stereocenters. The molecule has 0 aliphatic carbocycles. The van der Waals surface area contributed by atoms with Gasteiger partial charge in [0.15, 0.2) is 5.78 Å². The molecule has 0 aliphatic heterocycles. The Labute approximate surface area is 124 Å². The maximum Gasteiger partial charge on any atom is 0.186 e. The molecule has 0 saturated carbocycles. The third-order valence-corrected chi connectivity index (χ3v) is 4.96. The van der Waals surface area contributed by atoms with Crippen molar-refractivity contribution in [1.29, 1.82) is 0 Å². The molecule has 0 aromatic carbocycles. The van der Waals surface area contributed by atoms with Gasteiger partial charge in [-0.1, -0.05) is 63.6 Å². The number of rotatable bonds is 9. The van der Waals surface area contributed by atoms with Gasteiger partial charge in [-0.3, -0.25) is 4.79 Å². The third-order valence-electron chi connectivity index (χ3n) is 2.64. The average Bonchev–Trinajstić information content (AvgIpc) is 2.86. The van der Waals surface area contributed by atoms with Crippen LogP contribution in [0.5, 0.6) is 0 Å². The van der Waals surface area contributed by atoms with Gasteiger partial charge in [0.25, 0.3) is 0 Å². The number of Topliss-reactive ketones (excluding diaryl/α,β-unsaturated/α-hetero) is 1. The Bertz CT molecular complexity index is 311. The zero-order chi connectivity index (χ0) is 12.5. The summed E-state index contributed by atoms with van der Waals surface area (Å²) in [4.78, 5) is 12.8. The minimum Gasteiger partial charge on any atom is -0.292 e. The number of carbonyl (C=O) groups is 1. The molecule has 0 bridgehead atoms. The molecule has 0 N–H and O–H groups in total. The molecule has 0 amide bonds. The monoisotopic (exact) mass is 380 g/mol. The van der Waals surface area contributed by atoms with Gasteiger partial charge in [-0.15, -0.1) is 11.3 Å². The van der Waals surface area contributed by atoms with Crippen LogP contribution in [0.1, 0.15) is 48.2 Å². The Morgan fingerprint density at radius 1 is 1.24 bits per heavy atom. The first-order valence-electron chi connectivity index (χ1n) is 6.03. The van der Waals surface area contributed by atoms with Crippen LogP contribution in [0, 0.1) is 0 Å². The molecule has 1 aromatic rings. The van der Waals surface area contributed by atoms with E-state index in [1.807, 2.05) is 17.5 Å². The summed E-state index contributed by atoms with van der Waals surface area (Å²) in [5, 5.41) is 3.05. The molecule has 1 aromatic heterocycles. The number of alkyl halides is 2. The van der Waals surface area contributed by atoms with E-state index in [1.165, 1.54) is 37.0 Å². The molecule has 1 unspecified atom stereocenters. The molecular formula is C13H18Br2OS. The summed E-state index contributed by atoms with van der Waals surface area (Å²) in [6.45, 7) is 0. The van der Waals surface area contributed by atoms with E-state index in [0.717, 1.165) is 23.0 Å². The van der Waals surface area contributed by atoms with Crippen LogP contribution in [0.2, 0.25) is 0 Å². The van der Waals surface area contributed by atoms with Crippen molar-refractivity contribution in [3.63, 3.8) is 0 Å². The van der Waals surface area contributed by atoms with E-state index in [4.69, 9.17) is 0 Å². The van der Waals surface area contributed by atoms with Crippen LogP contribution >= 0.6 is 43.2 Å². The van der Waals surface area contributed by atoms with E-state index in [0.29, 0.717) is 0 Å². The van der Waals surface area contributed by atoms with Crippen molar-refractivity contribution in [2.24, 2.45) is 0 Å². The van der Waals surface area contributed by atoms with Crippen LogP contribution < -0.4 is 0 Å². The zero-order valence-electron chi connectivity index (χ0n) is 9.83. The number of hydrogen-bond donors (Lipinski definition) is 0. The van der Waals surface area contributed by atoms with Crippen LogP contribution in [0.15, 0.2) is 17.5 Å². The predicted octanol–water partition coefficient (Wildman–Crippen LogP) is 5.43. The fourth-order valence-electron chi connectivity index (χ4n) is 1.65. The first kappa shape index (κ1) is 15.4. The predicted molar refractivity (Wildman–Crippen MR) is 82.9 cm³/mol. The van der Waals surface area contributed by atoms with E-state index in [2.05, 4.69) is 31.9 Å². The van der Waals surface area contributed by atoms with Crippen molar-refractivity contribution in [2.75, 3.05) is 5.33 Å². The lowest BCUT2D eigenvalue weighted by molar-refractivity contribution is 0.0991. The average molecular weight is 382 g/mol. The number of halogens is 2. The van der Waals surface area contributed by atoms with Gasteiger partial charge in [-0.05, 0) is 24.3 Å². The molecule has 4 heteroatoms. The van der Waals surface area contributed by atoms with Gasteiger partial charge in [-0.2, -0.15) is 0 Å². The summed E-state index contributed by atoms with van der Waals surface area (Å²) in [7, 11) is 0. The van der Waals surface area contributed by atoms with Crippen LogP contribution in [0.4, 0.5) is 0 Å². The smallest absolute Gasteiger partial charge is 0.186 e. The zero-order valence-corrected chi connectivity index (χ0v) is 13.8. The van der Waals surface area contributed by atoms with Gasteiger partial charge in [0.1, 0.15) is 0 Å².